The van der Waals surface area contributed by atoms with E-state index in [1.54, 1.807) is 12.1 Å². The Hall–Kier alpha value is -1.000. The molecule has 0 aromatic heterocycles. The van der Waals surface area contributed by atoms with E-state index in [0.717, 1.165) is 0 Å². The van der Waals surface area contributed by atoms with E-state index in [4.69, 9.17) is 27.9 Å². The molecule has 2 atom stereocenters. The van der Waals surface area contributed by atoms with Gasteiger partial charge in [-0.3, -0.25) is 10.1 Å². The molecule has 0 fully saturated rings. The highest BCUT2D eigenvalue weighted by atomic mass is 35.5. The van der Waals surface area contributed by atoms with Crippen LogP contribution < -0.4 is 4.74 Å². The van der Waals surface area contributed by atoms with Gasteiger partial charge in [-0.25, -0.2) is 0 Å². The van der Waals surface area contributed by atoms with Gasteiger partial charge in [0.2, 0.25) is 5.75 Å². The number of nitro benzene ring substituents is 1. The Morgan fingerprint density at radius 2 is 2.14 bits per heavy atom. The van der Waals surface area contributed by atoms with Gasteiger partial charge >= 0.3 is 5.69 Å². The lowest BCUT2D eigenvalue weighted by molar-refractivity contribution is -0.385. The van der Waals surface area contributed by atoms with Crippen molar-refractivity contribution < 1.29 is 9.66 Å². The van der Waals surface area contributed by atoms with E-state index in [0.29, 0.717) is 5.56 Å². The molecule has 14 heavy (non-hydrogen) atoms. The van der Waals surface area contributed by atoms with E-state index in [1.807, 2.05) is 0 Å². The lowest BCUT2D eigenvalue weighted by Crippen LogP contribution is -2.05. The Morgan fingerprint density at radius 1 is 1.43 bits per heavy atom. The van der Waals surface area contributed by atoms with Crippen LogP contribution in [0, 0.1) is 10.1 Å². The second-order valence-electron chi connectivity index (χ2n) is 2.82. The molecule has 2 rings (SSSR count). The van der Waals surface area contributed by atoms with Crippen LogP contribution in [0.15, 0.2) is 18.2 Å². The van der Waals surface area contributed by atoms with Crippen molar-refractivity contribution in [2.45, 2.75) is 10.9 Å². The zero-order valence-electron chi connectivity index (χ0n) is 6.81. The topological polar surface area (TPSA) is 52.4 Å². The number of nitro groups is 1. The summed E-state index contributed by atoms with van der Waals surface area (Å²) >= 11 is 11.6. The smallest absolute Gasteiger partial charge is 0.311 e. The zero-order chi connectivity index (χ0) is 10.3. The van der Waals surface area contributed by atoms with Gasteiger partial charge in [0.05, 0.1) is 4.92 Å². The summed E-state index contributed by atoms with van der Waals surface area (Å²) in [6, 6.07) is 4.59. The first-order chi connectivity index (χ1) is 6.61. The fourth-order valence-electron chi connectivity index (χ4n) is 1.35. The number of para-hydroxylation sites is 1. The van der Waals surface area contributed by atoms with Crippen molar-refractivity contribution in [1.82, 2.24) is 0 Å². The molecule has 1 aromatic rings. The standard InChI is InChI=1S/C8H5Cl2NO3/c9-6-4-2-1-3-5(11(12)13)7(4)14-8(6)10/h1-3,6,8H. The predicted octanol–water partition coefficient (Wildman–Crippen LogP) is 2.83. The van der Waals surface area contributed by atoms with Crippen LogP contribution >= 0.6 is 23.2 Å². The number of rotatable bonds is 1. The minimum absolute atomic E-state index is 0.101. The predicted molar refractivity (Wildman–Crippen MR) is 52.0 cm³/mol. The Balaban J connectivity index is 2.56. The van der Waals surface area contributed by atoms with Gasteiger partial charge < -0.3 is 4.74 Å². The minimum Gasteiger partial charge on any atom is -0.465 e. The maximum atomic E-state index is 10.6. The number of nitrogens with zero attached hydrogens (tertiary/aromatic N) is 1. The normalized spacial score (nSPS) is 24.1. The fourth-order valence-corrected chi connectivity index (χ4v) is 1.79. The summed E-state index contributed by atoms with van der Waals surface area (Å²) in [5.74, 6) is 0.178. The first kappa shape index (κ1) is 9.55. The molecule has 1 aliphatic rings. The van der Waals surface area contributed by atoms with Crippen LogP contribution in [-0.2, 0) is 0 Å². The average Bonchev–Trinajstić information content (AvgIpc) is 2.43. The molecule has 1 heterocycles. The molecular weight excluding hydrogens is 229 g/mol. The van der Waals surface area contributed by atoms with Crippen LogP contribution in [0.3, 0.4) is 0 Å². The first-order valence-corrected chi connectivity index (χ1v) is 4.70. The molecular formula is C8H5Cl2NO3. The zero-order valence-corrected chi connectivity index (χ0v) is 8.33. The van der Waals surface area contributed by atoms with Crippen molar-refractivity contribution in [2.75, 3.05) is 0 Å². The number of hydrogen-bond acceptors (Lipinski definition) is 3. The summed E-state index contributed by atoms with van der Waals surface area (Å²) in [6.07, 6.45) is 0. The summed E-state index contributed by atoms with van der Waals surface area (Å²) in [4.78, 5) is 10.1. The summed E-state index contributed by atoms with van der Waals surface area (Å²) in [6.45, 7) is 0. The lowest BCUT2D eigenvalue weighted by Gasteiger charge is -2.02. The van der Waals surface area contributed by atoms with Gasteiger partial charge in [-0.1, -0.05) is 23.7 Å². The summed E-state index contributed by atoms with van der Waals surface area (Å²) in [5, 5.41) is 10.1. The van der Waals surface area contributed by atoms with Crippen LogP contribution in [0.2, 0.25) is 0 Å². The molecule has 0 N–H and O–H groups in total. The van der Waals surface area contributed by atoms with Crippen LogP contribution in [0.25, 0.3) is 0 Å². The van der Waals surface area contributed by atoms with Gasteiger partial charge in [0.25, 0.3) is 0 Å². The quantitative estimate of drug-likeness (QED) is 0.426. The van der Waals surface area contributed by atoms with Gasteiger partial charge in [-0.05, 0) is 0 Å². The molecule has 1 aromatic carbocycles. The molecule has 0 amide bonds. The SMILES string of the molecule is O=[N+]([O-])c1cccc2c1OC(Cl)C2Cl. The first-order valence-electron chi connectivity index (χ1n) is 3.83. The Labute approximate surface area is 89.5 Å². The van der Waals surface area contributed by atoms with Crippen LogP contribution in [0.4, 0.5) is 5.69 Å². The fraction of sp³-hybridized carbons (Fsp3) is 0.250. The van der Waals surface area contributed by atoms with Crippen molar-refractivity contribution in [3.8, 4) is 5.75 Å². The van der Waals surface area contributed by atoms with Crippen LogP contribution in [0.5, 0.6) is 5.75 Å². The van der Waals surface area contributed by atoms with Crippen molar-refractivity contribution in [2.24, 2.45) is 0 Å². The molecule has 1 aliphatic heterocycles. The third kappa shape index (κ3) is 1.31. The second kappa shape index (κ2) is 3.29. The van der Waals surface area contributed by atoms with Gasteiger partial charge in [-0.2, -0.15) is 0 Å². The number of fused-ring (bicyclic) bond motifs is 1. The van der Waals surface area contributed by atoms with Crippen LogP contribution in [-0.4, -0.2) is 10.5 Å². The number of benzene rings is 1. The molecule has 0 saturated heterocycles. The third-order valence-electron chi connectivity index (χ3n) is 1.98. The van der Waals surface area contributed by atoms with Gasteiger partial charge in [0.15, 0.2) is 5.56 Å². The Bertz CT molecular complexity index is 396. The molecule has 0 spiro atoms. The highest BCUT2D eigenvalue weighted by molar-refractivity contribution is 6.30. The second-order valence-corrected chi connectivity index (χ2v) is 3.72. The van der Waals surface area contributed by atoms with E-state index in [1.165, 1.54) is 6.07 Å². The molecule has 4 nitrogen and oxygen atoms in total. The molecule has 74 valence electrons. The lowest BCUT2D eigenvalue weighted by atomic mass is 10.1. The van der Waals surface area contributed by atoms with Crippen molar-refractivity contribution >= 4 is 28.9 Å². The monoisotopic (exact) mass is 233 g/mol. The number of alkyl halides is 2. The number of ether oxygens (including phenoxy) is 1. The van der Waals surface area contributed by atoms with Crippen LogP contribution in [0.1, 0.15) is 10.9 Å². The number of halogens is 2. The van der Waals surface area contributed by atoms with Gasteiger partial charge in [0, 0.05) is 11.6 Å². The maximum absolute atomic E-state index is 10.6. The molecule has 0 aliphatic carbocycles. The molecule has 0 bridgehead atoms. The van der Waals surface area contributed by atoms with E-state index in [-0.39, 0.29) is 11.4 Å². The highest BCUT2D eigenvalue weighted by Gasteiger charge is 2.36. The minimum atomic E-state index is -0.743. The third-order valence-corrected chi connectivity index (χ3v) is 2.91. The number of hydrogen-bond donors (Lipinski definition) is 0. The largest absolute Gasteiger partial charge is 0.465 e. The average molecular weight is 234 g/mol. The molecule has 2 unspecified atom stereocenters. The van der Waals surface area contributed by atoms with Gasteiger partial charge in [-0.15, -0.1) is 11.6 Å². The van der Waals surface area contributed by atoms with E-state index >= 15 is 0 Å². The van der Waals surface area contributed by atoms with E-state index in [9.17, 15) is 10.1 Å². The molecule has 6 heteroatoms. The molecule has 0 radical (unpaired) electrons. The van der Waals surface area contributed by atoms with Gasteiger partial charge in [0.1, 0.15) is 5.38 Å². The summed E-state index contributed by atoms with van der Waals surface area (Å²) < 4.78 is 5.10. The summed E-state index contributed by atoms with van der Waals surface area (Å²) in [5.41, 5.74) is -0.273. The van der Waals surface area contributed by atoms with Crippen molar-refractivity contribution in [1.29, 1.82) is 0 Å². The Kier molecular flexibility index (Phi) is 2.25. The maximum Gasteiger partial charge on any atom is 0.311 e. The van der Waals surface area contributed by atoms with Crippen molar-refractivity contribution in [3.05, 3.63) is 33.9 Å². The summed E-state index contributed by atoms with van der Waals surface area (Å²) in [7, 11) is 0. The highest BCUT2D eigenvalue weighted by Crippen LogP contribution is 2.46. The Morgan fingerprint density at radius 3 is 2.79 bits per heavy atom. The van der Waals surface area contributed by atoms with E-state index < -0.39 is 15.9 Å². The van der Waals surface area contributed by atoms with Crippen molar-refractivity contribution in [3.63, 3.8) is 0 Å². The van der Waals surface area contributed by atoms with E-state index in [2.05, 4.69) is 0 Å². The molecule has 0 saturated carbocycles.